The molecule has 3 aromatic carbocycles. The lowest BCUT2D eigenvalue weighted by Crippen LogP contribution is -2.38. The van der Waals surface area contributed by atoms with Crippen molar-refractivity contribution in [2.45, 2.75) is 20.4 Å². The number of fused-ring (bicyclic) bond motifs is 1. The molecule has 170 valence electrons. The van der Waals surface area contributed by atoms with E-state index in [9.17, 15) is 14.0 Å². The molecule has 8 heteroatoms. The Kier molecular flexibility index (Phi) is 6.51. The summed E-state index contributed by atoms with van der Waals surface area (Å²) in [7, 11) is 0. The fourth-order valence-electron chi connectivity index (χ4n) is 3.66. The summed E-state index contributed by atoms with van der Waals surface area (Å²) < 4.78 is 25.5. The van der Waals surface area contributed by atoms with Gasteiger partial charge in [-0.3, -0.25) is 9.59 Å². The molecule has 0 spiro atoms. The molecule has 2 amide bonds. The number of anilines is 2. The molecule has 4 rings (SSSR count). The fourth-order valence-corrected chi connectivity index (χ4v) is 3.88. The number of rotatable bonds is 6. The second-order valence-corrected chi connectivity index (χ2v) is 8.12. The van der Waals surface area contributed by atoms with E-state index in [4.69, 9.17) is 21.1 Å². The molecule has 1 N–H and O–H groups in total. The van der Waals surface area contributed by atoms with Gasteiger partial charge in [0, 0.05) is 16.3 Å². The Hall–Kier alpha value is -3.58. The quantitative estimate of drug-likeness (QED) is 0.550. The average Bonchev–Trinajstić information content (AvgIpc) is 2.77. The van der Waals surface area contributed by atoms with Crippen LogP contribution in [0.15, 0.2) is 54.6 Å². The van der Waals surface area contributed by atoms with Crippen LogP contribution < -0.4 is 19.7 Å². The van der Waals surface area contributed by atoms with Gasteiger partial charge in [-0.05, 0) is 55.3 Å². The number of hydrogen-bond acceptors (Lipinski definition) is 4. The lowest BCUT2D eigenvalue weighted by Gasteiger charge is -2.30. The first-order chi connectivity index (χ1) is 15.8. The molecule has 0 atom stereocenters. The van der Waals surface area contributed by atoms with Crippen molar-refractivity contribution in [1.29, 1.82) is 0 Å². The van der Waals surface area contributed by atoms with E-state index in [-0.39, 0.29) is 42.2 Å². The molecule has 0 radical (unpaired) electrons. The van der Waals surface area contributed by atoms with Gasteiger partial charge in [-0.1, -0.05) is 35.9 Å². The smallest absolute Gasteiger partial charge is 0.265 e. The maximum absolute atomic E-state index is 14.3. The number of hydrogen-bond donors (Lipinski definition) is 1. The third kappa shape index (κ3) is 4.93. The molecule has 0 unspecified atom stereocenters. The summed E-state index contributed by atoms with van der Waals surface area (Å²) in [6, 6.07) is 15.0. The maximum Gasteiger partial charge on any atom is 0.265 e. The van der Waals surface area contributed by atoms with Crippen LogP contribution in [0.5, 0.6) is 11.5 Å². The molecule has 0 fully saturated rings. The van der Waals surface area contributed by atoms with Gasteiger partial charge in [0.25, 0.3) is 11.8 Å². The minimum absolute atomic E-state index is 0.0617. The molecule has 1 aliphatic heterocycles. The number of halogens is 2. The van der Waals surface area contributed by atoms with Crippen molar-refractivity contribution >= 4 is 34.8 Å². The first-order valence-electron chi connectivity index (χ1n) is 10.3. The van der Waals surface area contributed by atoms with Crippen molar-refractivity contribution in [1.82, 2.24) is 0 Å². The van der Waals surface area contributed by atoms with Gasteiger partial charge >= 0.3 is 0 Å². The molecule has 1 aliphatic rings. The molecule has 33 heavy (non-hydrogen) atoms. The van der Waals surface area contributed by atoms with Gasteiger partial charge < -0.3 is 19.7 Å². The molecule has 0 bridgehead atoms. The Balaban J connectivity index is 1.51. The van der Waals surface area contributed by atoms with E-state index in [1.165, 1.54) is 17.0 Å². The second-order valence-electron chi connectivity index (χ2n) is 7.71. The number of carbonyl (C=O) groups is 2. The predicted molar refractivity (Wildman–Crippen MR) is 125 cm³/mol. The fraction of sp³-hybridized carbons (Fsp3) is 0.200. The van der Waals surface area contributed by atoms with Crippen LogP contribution in [0.25, 0.3) is 0 Å². The molecular weight excluding hydrogens is 447 g/mol. The van der Waals surface area contributed by atoms with Gasteiger partial charge in [-0.2, -0.15) is 0 Å². The summed E-state index contributed by atoms with van der Waals surface area (Å²) in [5.41, 5.74) is 2.95. The van der Waals surface area contributed by atoms with Crippen LogP contribution in [0, 0.1) is 19.7 Å². The highest BCUT2D eigenvalue weighted by molar-refractivity contribution is 6.31. The first-order valence-corrected chi connectivity index (χ1v) is 10.7. The molecule has 6 nitrogen and oxygen atoms in total. The largest absolute Gasteiger partial charge is 0.483 e. The second kappa shape index (κ2) is 9.50. The Morgan fingerprint density at radius 2 is 1.88 bits per heavy atom. The van der Waals surface area contributed by atoms with Gasteiger partial charge in [0.05, 0.1) is 12.2 Å². The monoisotopic (exact) mass is 468 g/mol. The van der Waals surface area contributed by atoms with Crippen molar-refractivity contribution in [3.8, 4) is 11.5 Å². The Morgan fingerprint density at radius 1 is 1.15 bits per heavy atom. The number of para-hydroxylation sites is 1. The highest BCUT2D eigenvalue weighted by Gasteiger charge is 2.27. The molecule has 0 saturated carbocycles. The highest BCUT2D eigenvalue weighted by atomic mass is 35.5. The van der Waals surface area contributed by atoms with Crippen molar-refractivity contribution in [2.24, 2.45) is 0 Å². The van der Waals surface area contributed by atoms with Crippen LogP contribution in [0.3, 0.4) is 0 Å². The Bertz CT molecular complexity index is 1190. The lowest BCUT2D eigenvalue weighted by atomic mass is 10.1. The molecule has 3 aromatic rings. The zero-order valence-electron chi connectivity index (χ0n) is 18.2. The van der Waals surface area contributed by atoms with Crippen molar-refractivity contribution in [3.63, 3.8) is 0 Å². The number of nitrogens with zero attached hydrogens (tertiary/aromatic N) is 1. The van der Waals surface area contributed by atoms with Gasteiger partial charge in [-0.25, -0.2) is 4.39 Å². The van der Waals surface area contributed by atoms with Crippen LogP contribution in [0.4, 0.5) is 15.8 Å². The summed E-state index contributed by atoms with van der Waals surface area (Å²) in [5.74, 6) is -0.0821. The summed E-state index contributed by atoms with van der Waals surface area (Å²) in [4.78, 5) is 26.5. The number of benzene rings is 3. The van der Waals surface area contributed by atoms with Gasteiger partial charge in [0.15, 0.2) is 13.2 Å². The van der Waals surface area contributed by atoms with Crippen LogP contribution in [-0.4, -0.2) is 25.0 Å². The number of ether oxygens (including phenoxy) is 2. The van der Waals surface area contributed by atoms with Crippen LogP contribution >= 0.6 is 11.6 Å². The standard InChI is InChI=1S/C25H22ClFN2O4/c1-15-5-3-6-16(2)25(15)33-13-23(30)28-17-9-10-22-21(11-17)29(24(31)14-32-22)12-18-19(26)7-4-8-20(18)27/h3-11H,12-14H2,1-2H3,(H,28,30). The van der Waals surface area contributed by atoms with E-state index in [1.807, 2.05) is 32.0 Å². The predicted octanol–water partition coefficient (Wildman–Crippen LogP) is 5.04. The SMILES string of the molecule is Cc1cccc(C)c1OCC(=O)Nc1ccc2c(c1)N(Cc1c(F)cccc1Cl)C(=O)CO2. The normalized spacial score (nSPS) is 12.7. The number of aryl methyl sites for hydroxylation is 2. The molecule has 0 aliphatic carbocycles. The van der Waals surface area contributed by atoms with E-state index in [0.717, 1.165) is 11.1 Å². The van der Waals surface area contributed by atoms with Crippen molar-refractivity contribution < 1.29 is 23.5 Å². The summed E-state index contributed by atoms with van der Waals surface area (Å²) >= 11 is 6.15. The molecule has 1 heterocycles. The van der Waals surface area contributed by atoms with E-state index >= 15 is 0 Å². The zero-order valence-corrected chi connectivity index (χ0v) is 18.9. The Morgan fingerprint density at radius 3 is 2.61 bits per heavy atom. The third-order valence-corrected chi connectivity index (χ3v) is 5.67. The Labute approximate surface area is 195 Å². The summed E-state index contributed by atoms with van der Waals surface area (Å²) in [5, 5.41) is 2.99. The third-order valence-electron chi connectivity index (χ3n) is 5.32. The van der Waals surface area contributed by atoms with Crippen molar-refractivity contribution in [2.75, 3.05) is 23.4 Å². The van der Waals surface area contributed by atoms with E-state index < -0.39 is 5.82 Å². The summed E-state index contributed by atoms with van der Waals surface area (Å²) in [6.45, 7) is 3.42. The first kappa shape index (κ1) is 22.6. The maximum atomic E-state index is 14.3. The molecule has 0 aromatic heterocycles. The number of nitrogens with one attached hydrogen (secondary N) is 1. The minimum atomic E-state index is -0.503. The molecular formula is C25H22ClFN2O4. The molecule has 0 saturated heterocycles. The van der Waals surface area contributed by atoms with Crippen LogP contribution in [-0.2, 0) is 16.1 Å². The summed E-state index contributed by atoms with van der Waals surface area (Å²) in [6.07, 6.45) is 0. The van der Waals surface area contributed by atoms with Gasteiger partial charge in [0.2, 0.25) is 0 Å². The number of amides is 2. The number of carbonyl (C=O) groups excluding carboxylic acids is 2. The van der Waals surface area contributed by atoms with Crippen molar-refractivity contribution in [3.05, 3.63) is 82.1 Å². The zero-order chi connectivity index (χ0) is 23.5. The van der Waals surface area contributed by atoms with Gasteiger partial charge in [0.1, 0.15) is 17.3 Å². The minimum Gasteiger partial charge on any atom is -0.483 e. The van der Waals surface area contributed by atoms with E-state index in [2.05, 4.69) is 5.32 Å². The van der Waals surface area contributed by atoms with Gasteiger partial charge in [-0.15, -0.1) is 0 Å². The topological polar surface area (TPSA) is 67.9 Å². The lowest BCUT2D eigenvalue weighted by molar-refractivity contribution is -0.121. The van der Waals surface area contributed by atoms with Crippen LogP contribution in [0.1, 0.15) is 16.7 Å². The van der Waals surface area contributed by atoms with E-state index in [0.29, 0.717) is 22.9 Å². The van der Waals surface area contributed by atoms with Crippen LogP contribution in [0.2, 0.25) is 5.02 Å². The highest BCUT2D eigenvalue weighted by Crippen LogP contribution is 2.36. The van der Waals surface area contributed by atoms with E-state index in [1.54, 1.807) is 24.3 Å². The average molecular weight is 469 g/mol.